The van der Waals surface area contributed by atoms with Crippen LogP contribution in [0.4, 0.5) is 0 Å². The highest BCUT2D eigenvalue weighted by atomic mass is 16.5. The molecule has 3 rings (SSSR count). The fourth-order valence-corrected chi connectivity index (χ4v) is 3.13. The van der Waals surface area contributed by atoms with Gasteiger partial charge in [-0.05, 0) is 36.8 Å². The van der Waals surface area contributed by atoms with E-state index in [2.05, 4.69) is 4.98 Å². The van der Waals surface area contributed by atoms with E-state index in [1.54, 1.807) is 54.5 Å². The third kappa shape index (κ3) is 3.37. The van der Waals surface area contributed by atoms with Crippen molar-refractivity contribution in [1.82, 2.24) is 14.8 Å². The highest BCUT2D eigenvalue weighted by Crippen LogP contribution is 2.29. The quantitative estimate of drug-likeness (QED) is 0.907. The van der Waals surface area contributed by atoms with Gasteiger partial charge in [-0.2, -0.15) is 0 Å². The first-order valence-electron chi connectivity index (χ1n) is 8.49. The number of H-pyrrole nitrogens is 1. The Balaban J connectivity index is 1.72. The molecule has 1 saturated heterocycles. The number of amides is 2. The number of aryl methyl sites for hydroxylation is 1. The Morgan fingerprint density at radius 3 is 2.12 bits per heavy atom. The average Bonchev–Trinajstić information content (AvgIpc) is 3.21. The van der Waals surface area contributed by atoms with Crippen LogP contribution in [0.3, 0.4) is 0 Å². The lowest BCUT2D eigenvalue weighted by Crippen LogP contribution is -2.50. The molecule has 138 valence electrons. The molecule has 0 bridgehead atoms. The summed E-state index contributed by atoms with van der Waals surface area (Å²) in [4.78, 5) is 31.7. The van der Waals surface area contributed by atoms with Crippen molar-refractivity contribution in [3.63, 3.8) is 0 Å². The number of aromatic amines is 1. The molecule has 1 aliphatic rings. The zero-order chi connectivity index (χ0) is 18.7. The molecule has 1 aromatic carbocycles. The molecule has 0 atom stereocenters. The van der Waals surface area contributed by atoms with Gasteiger partial charge in [0.05, 0.1) is 19.8 Å². The number of piperazine rings is 1. The lowest BCUT2D eigenvalue weighted by atomic mass is 10.1. The molecule has 0 spiro atoms. The molecule has 2 amide bonds. The highest BCUT2D eigenvalue weighted by Gasteiger charge is 2.27. The predicted molar refractivity (Wildman–Crippen MR) is 96.9 cm³/mol. The van der Waals surface area contributed by atoms with E-state index in [0.717, 1.165) is 5.56 Å². The van der Waals surface area contributed by atoms with Crippen LogP contribution in [0.1, 0.15) is 26.4 Å². The Morgan fingerprint density at radius 2 is 1.58 bits per heavy atom. The summed E-state index contributed by atoms with van der Waals surface area (Å²) in [5.41, 5.74) is 1.94. The van der Waals surface area contributed by atoms with Crippen LogP contribution in [0, 0.1) is 6.92 Å². The zero-order valence-electron chi connectivity index (χ0n) is 15.2. The lowest BCUT2D eigenvalue weighted by molar-refractivity contribution is 0.0530. The van der Waals surface area contributed by atoms with Gasteiger partial charge in [-0.3, -0.25) is 9.59 Å². The molecular weight excluding hydrogens is 334 g/mol. The van der Waals surface area contributed by atoms with Gasteiger partial charge >= 0.3 is 0 Å². The average molecular weight is 357 g/mol. The number of hydrogen-bond acceptors (Lipinski definition) is 4. The first-order valence-corrected chi connectivity index (χ1v) is 8.49. The first kappa shape index (κ1) is 17.8. The van der Waals surface area contributed by atoms with Crippen molar-refractivity contribution < 1.29 is 19.1 Å². The van der Waals surface area contributed by atoms with E-state index in [1.165, 1.54) is 0 Å². The summed E-state index contributed by atoms with van der Waals surface area (Å²) in [6.45, 7) is 3.85. The predicted octanol–water partition coefficient (Wildman–Crippen LogP) is 1.94. The molecule has 7 nitrogen and oxygen atoms in total. The number of benzene rings is 1. The van der Waals surface area contributed by atoms with Crippen molar-refractivity contribution >= 4 is 11.8 Å². The Bertz CT molecular complexity index is 793. The number of nitrogens with zero attached hydrogens (tertiary/aromatic N) is 2. The number of ether oxygens (including phenoxy) is 2. The number of carbonyl (C=O) groups is 2. The van der Waals surface area contributed by atoms with Crippen molar-refractivity contribution in [3.8, 4) is 11.5 Å². The van der Waals surface area contributed by atoms with E-state index in [1.807, 2.05) is 6.92 Å². The molecule has 0 aliphatic carbocycles. The molecule has 7 heteroatoms. The minimum atomic E-state index is -0.118. The maximum atomic E-state index is 12.9. The van der Waals surface area contributed by atoms with Crippen LogP contribution in [-0.2, 0) is 0 Å². The monoisotopic (exact) mass is 357 g/mol. The Labute approximate surface area is 152 Å². The molecule has 1 aliphatic heterocycles. The fourth-order valence-electron chi connectivity index (χ4n) is 3.13. The Kier molecular flexibility index (Phi) is 5.16. The van der Waals surface area contributed by atoms with Crippen molar-refractivity contribution in [2.24, 2.45) is 0 Å². The van der Waals surface area contributed by atoms with Gasteiger partial charge in [0, 0.05) is 32.4 Å². The van der Waals surface area contributed by atoms with Crippen molar-refractivity contribution in [3.05, 3.63) is 47.3 Å². The molecule has 1 N–H and O–H groups in total. The van der Waals surface area contributed by atoms with Crippen LogP contribution in [0.25, 0.3) is 0 Å². The summed E-state index contributed by atoms with van der Waals surface area (Å²) in [6, 6.07) is 7.07. The fraction of sp³-hybridized carbons (Fsp3) is 0.368. The van der Waals surface area contributed by atoms with E-state index in [4.69, 9.17) is 9.47 Å². The second kappa shape index (κ2) is 7.51. The molecule has 1 fully saturated rings. The van der Waals surface area contributed by atoms with Crippen molar-refractivity contribution in [2.45, 2.75) is 6.92 Å². The van der Waals surface area contributed by atoms with E-state index < -0.39 is 0 Å². The van der Waals surface area contributed by atoms with Crippen LogP contribution in [0.5, 0.6) is 11.5 Å². The molecular formula is C19H23N3O4. The Hall–Kier alpha value is -2.96. The number of methoxy groups -OCH3 is 2. The van der Waals surface area contributed by atoms with Gasteiger partial charge in [-0.25, -0.2) is 0 Å². The highest BCUT2D eigenvalue weighted by molar-refractivity contribution is 5.98. The van der Waals surface area contributed by atoms with Crippen LogP contribution < -0.4 is 9.47 Å². The van der Waals surface area contributed by atoms with Crippen molar-refractivity contribution in [1.29, 1.82) is 0 Å². The SMILES string of the molecule is COc1cc(C(=O)N2CCN(C(=O)c3ccc[nH]3)CC2)c(OC)cc1C. The maximum absolute atomic E-state index is 12.9. The maximum Gasteiger partial charge on any atom is 0.270 e. The lowest BCUT2D eigenvalue weighted by Gasteiger charge is -2.34. The van der Waals surface area contributed by atoms with Gasteiger partial charge in [-0.15, -0.1) is 0 Å². The van der Waals surface area contributed by atoms with Gasteiger partial charge in [0.25, 0.3) is 11.8 Å². The molecule has 1 aromatic heterocycles. The summed E-state index contributed by atoms with van der Waals surface area (Å²) in [5.74, 6) is 1.01. The second-order valence-electron chi connectivity index (χ2n) is 6.19. The number of carbonyl (C=O) groups excluding carboxylic acids is 2. The van der Waals surface area contributed by atoms with Gasteiger partial charge in [-0.1, -0.05) is 0 Å². The number of hydrogen-bond donors (Lipinski definition) is 1. The third-order valence-electron chi connectivity index (χ3n) is 4.63. The Morgan fingerprint density at radius 1 is 0.962 bits per heavy atom. The third-order valence-corrected chi connectivity index (χ3v) is 4.63. The normalized spacial score (nSPS) is 14.3. The van der Waals surface area contributed by atoms with Gasteiger partial charge in [0.1, 0.15) is 17.2 Å². The van der Waals surface area contributed by atoms with E-state index in [-0.39, 0.29) is 11.8 Å². The summed E-state index contributed by atoms with van der Waals surface area (Å²) >= 11 is 0. The first-order chi connectivity index (χ1) is 12.5. The van der Waals surface area contributed by atoms with Gasteiger partial charge < -0.3 is 24.3 Å². The van der Waals surface area contributed by atoms with Crippen molar-refractivity contribution in [2.75, 3.05) is 40.4 Å². The molecule has 0 radical (unpaired) electrons. The van der Waals surface area contributed by atoms with Gasteiger partial charge in [0.2, 0.25) is 0 Å². The minimum absolute atomic E-state index is 0.0447. The van der Waals surface area contributed by atoms with Crippen LogP contribution in [-0.4, -0.2) is 67.0 Å². The van der Waals surface area contributed by atoms with Crippen LogP contribution in [0.2, 0.25) is 0 Å². The van der Waals surface area contributed by atoms with E-state index >= 15 is 0 Å². The van der Waals surface area contributed by atoms with Gasteiger partial charge in [0.15, 0.2) is 0 Å². The standard InChI is InChI=1S/C19H23N3O4/c1-13-11-17(26-3)14(12-16(13)25-2)18(23)21-7-9-22(10-8-21)19(24)15-5-4-6-20-15/h4-6,11-12,20H,7-10H2,1-3H3. The molecule has 2 heterocycles. The minimum Gasteiger partial charge on any atom is -0.496 e. The number of nitrogens with one attached hydrogen (secondary N) is 1. The molecule has 2 aromatic rings. The summed E-state index contributed by atoms with van der Waals surface area (Å²) in [7, 11) is 3.12. The second-order valence-corrected chi connectivity index (χ2v) is 6.19. The number of aromatic nitrogens is 1. The molecule has 0 unspecified atom stereocenters. The zero-order valence-corrected chi connectivity index (χ0v) is 15.2. The van der Waals surface area contributed by atoms with E-state index in [9.17, 15) is 9.59 Å². The smallest absolute Gasteiger partial charge is 0.270 e. The summed E-state index contributed by atoms with van der Waals surface area (Å²) in [5, 5.41) is 0. The van der Waals surface area contributed by atoms with Crippen LogP contribution in [0.15, 0.2) is 30.5 Å². The molecule has 26 heavy (non-hydrogen) atoms. The molecule has 0 saturated carbocycles. The largest absolute Gasteiger partial charge is 0.496 e. The number of rotatable bonds is 4. The summed E-state index contributed by atoms with van der Waals surface area (Å²) < 4.78 is 10.7. The summed E-state index contributed by atoms with van der Waals surface area (Å²) in [6.07, 6.45) is 1.73. The topological polar surface area (TPSA) is 74.9 Å². The van der Waals surface area contributed by atoms with E-state index in [0.29, 0.717) is 48.9 Å². The van der Waals surface area contributed by atoms with Crippen LogP contribution >= 0.6 is 0 Å².